The summed E-state index contributed by atoms with van der Waals surface area (Å²) in [5, 5.41) is 6.29. The van der Waals surface area contributed by atoms with Crippen LogP contribution in [0.1, 0.15) is 23.3 Å². The van der Waals surface area contributed by atoms with Crippen LogP contribution in [-0.4, -0.2) is 52.9 Å². The highest BCUT2D eigenvalue weighted by Crippen LogP contribution is 2.30. The summed E-state index contributed by atoms with van der Waals surface area (Å²) < 4.78 is 43.9. The van der Waals surface area contributed by atoms with Crippen molar-refractivity contribution in [1.82, 2.24) is 20.3 Å². The van der Waals surface area contributed by atoms with Crippen molar-refractivity contribution in [2.75, 3.05) is 20.1 Å². The van der Waals surface area contributed by atoms with E-state index in [0.29, 0.717) is 24.4 Å². The lowest BCUT2D eigenvalue weighted by Gasteiger charge is -2.35. The van der Waals surface area contributed by atoms with E-state index in [1.54, 1.807) is 24.1 Å². The Hall–Kier alpha value is -2.88. The molecular weight excluding hydrogens is 389 g/mol. The molecule has 2 aromatic rings. The monoisotopic (exact) mass is 410 g/mol. The summed E-state index contributed by atoms with van der Waals surface area (Å²) in [5.41, 5.74) is -0.308. The number of hydrogen-bond donors (Lipinski definition) is 1. The molecule has 2 heterocycles. The third-order valence-corrected chi connectivity index (χ3v) is 4.76. The smallest absolute Gasteiger partial charge is 0.360 e. The molecule has 0 spiro atoms. The second-order valence-electron chi connectivity index (χ2n) is 6.91. The molecular formula is C19H21F3N4O3. The number of piperazine rings is 1. The first kappa shape index (κ1) is 20.8. The molecule has 1 saturated heterocycles. The van der Waals surface area contributed by atoms with Crippen molar-refractivity contribution >= 4 is 11.8 Å². The maximum atomic E-state index is 13.0. The fourth-order valence-electron chi connectivity index (χ4n) is 3.22. The number of alkyl halides is 3. The molecule has 1 aliphatic rings. The van der Waals surface area contributed by atoms with Crippen molar-refractivity contribution < 1.29 is 27.3 Å². The maximum Gasteiger partial charge on any atom is 0.416 e. The first-order valence-corrected chi connectivity index (χ1v) is 9.05. The average molecular weight is 410 g/mol. The summed E-state index contributed by atoms with van der Waals surface area (Å²) in [4.78, 5) is 28.1. The number of benzene rings is 1. The highest BCUT2D eigenvalue weighted by atomic mass is 19.4. The van der Waals surface area contributed by atoms with Crippen LogP contribution in [0.25, 0.3) is 0 Å². The fourth-order valence-corrected chi connectivity index (χ4v) is 3.22. The van der Waals surface area contributed by atoms with Gasteiger partial charge in [0, 0.05) is 32.7 Å². The molecule has 0 aliphatic carbocycles. The Morgan fingerprint density at radius 2 is 2.17 bits per heavy atom. The van der Waals surface area contributed by atoms with Crippen LogP contribution in [-0.2, 0) is 28.9 Å². The van der Waals surface area contributed by atoms with E-state index in [2.05, 4.69) is 10.5 Å². The van der Waals surface area contributed by atoms with Crippen molar-refractivity contribution in [2.24, 2.45) is 0 Å². The van der Waals surface area contributed by atoms with Gasteiger partial charge in [0.2, 0.25) is 11.8 Å². The van der Waals surface area contributed by atoms with E-state index >= 15 is 0 Å². The summed E-state index contributed by atoms with van der Waals surface area (Å²) in [7, 11) is 1.59. The number of aromatic nitrogens is 1. The van der Waals surface area contributed by atoms with Crippen molar-refractivity contribution in [3.8, 4) is 0 Å². The number of nitrogens with one attached hydrogen (secondary N) is 1. The van der Waals surface area contributed by atoms with Gasteiger partial charge in [-0.25, -0.2) is 0 Å². The van der Waals surface area contributed by atoms with Crippen LogP contribution in [0.4, 0.5) is 13.2 Å². The number of halogens is 3. The van der Waals surface area contributed by atoms with Gasteiger partial charge in [-0.05, 0) is 11.6 Å². The first-order valence-electron chi connectivity index (χ1n) is 9.05. The van der Waals surface area contributed by atoms with E-state index in [9.17, 15) is 22.8 Å². The van der Waals surface area contributed by atoms with E-state index in [4.69, 9.17) is 4.52 Å². The molecule has 29 heavy (non-hydrogen) atoms. The van der Waals surface area contributed by atoms with Gasteiger partial charge in [-0.2, -0.15) is 13.2 Å². The fraction of sp³-hybridized carbons (Fsp3) is 0.421. The average Bonchev–Trinajstić information content (AvgIpc) is 3.17. The molecule has 0 bridgehead atoms. The Morgan fingerprint density at radius 3 is 2.86 bits per heavy atom. The largest absolute Gasteiger partial charge is 0.416 e. The maximum absolute atomic E-state index is 13.0. The zero-order chi connectivity index (χ0) is 21.0. The lowest BCUT2D eigenvalue weighted by atomic mass is 10.0. The molecule has 0 radical (unpaired) electrons. The van der Waals surface area contributed by atoms with Crippen LogP contribution in [0, 0.1) is 0 Å². The number of nitrogens with zero attached hydrogens (tertiary/aromatic N) is 3. The minimum Gasteiger partial charge on any atom is -0.360 e. The quantitative estimate of drug-likeness (QED) is 0.789. The predicted octanol–water partition coefficient (Wildman–Crippen LogP) is 2.04. The molecule has 1 fully saturated rings. The number of rotatable bonds is 6. The second-order valence-corrected chi connectivity index (χ2v) is 6.91. The molecule has 1 aromatic heterocycles. The molecule has 156 valence electrons. The Bertz CT molecular complexity index is 855. The van der Waals surface area contributed by atoms with Crippen molar-refractivity contribution in [3.05, 3.63) is 53.4 Å². The van der Waals surface area contributed by atoms with Gasteiger partial charge < -0.3 is 14.7 Å². The van der Waals surface area contributed by atoms with Crippen LogP contribution in [0.15, 0.2) is 41.1 Å². The molecule has 1 aliphatic heterocycles. The topological polar surface area (TPSA) is 78.7 Å². The normalized spacial score (nSPS) is 17.8. The number of amides is 2. The van der Waals surface area contributed by atoms with Gasteiger partial charge in [-0.15, -0.1) is 0 Å². The molecule has 1 atom stereocenters. The van der Waals surface area contributed by atoms with Crippen LogP contribution < -0.4 is 5.32 Å². The number of carbonyl (C=O) groups is 2. The van der Waals surface area contributed by atoms with Crippen LogP contribution in [0.3, 0.4) is 0 Å². The summed E-state index contributed by atoms with van der Waals surface area (Å²) in [6, 6.07) is 5.87. The van der Waals surface area contributed by atoms with E-state index in [1.807, 2.05) is 0 Å². The summed E-state index contributed by atoms with van der Waals surface area (Å²) in [6.07, 6.45) is -3.05. The molecule has 10 heteroatoms. The van der Waals surface area contributed by atoms with Gasteiger partial charge in [-0.3, -0.25) is 14.5 Å². The number of hydrogen-bond acceptors (Lipinski definition) is 5. The van der Waals surface area contributed by atoms with E-state index in [0.717, 1.165) is 12.1 Å². The van der Waals surface area contributed by atoms with Crippen molar-refractivity contribution in [3.63, 3.8) is 0 Å². The zero-order valence-electron chi connectivity index (χ0n) is 15.8. The second kappa shape index (κ2) is 8.64. The van der Waals surface area contributed by atoms with Crippen LogP contribution in [0.5, 0.6) is 0 Å². The predicted molar refractivity (Wildman–Crippen MR) is 96.2 cm³/mol. The molecule has 2 amide bonds. The molecule has 1 N–H and O–H groups in total. The molecule has 1 unspecified atom stereocenters. The first-order chi connectivity index (χ1) is 13.7. The van der Waals surface area contributed by atoms with E-state index < -0.39 is 17.8 Å². The summed E-state index contributed by atoms with van der Waals surface area (Å²) in [6.45, 7) is 1.16. The summed E-state index contributed by atoms with van der Waals surface area (Å²) in [5.74, 6) is -0.0862. The Kier molecular flexibility index (Phi) is 6.21. The van der Waals surface area contributed by atoms with E-state index in [1.165, 1.54) is 17.2 Å². The Balaban J connectivity index is 1.69. The Morgan fingerprint density at radius 1 is 1.38 bits per heavy atom. The third-order valence-electron chi connectivity index (χ3n) is 4.76. The van der Waals surface area contributed by atoms with Gasteiger partial charge in [-0.1, -0.05) is 23.4 Å². The summed E-state index contributed by atoms with van der Waals surface area (Å²) >= 11 is 0. The zero-order valence-corrected chi connectivity index (χ0v) is 15.8. The lowest BCUT2D eigenvalue weighted by molar-refractivity contribution is -0.138. The van der Waals surface area contributed by atoms with Gasteiger partial charge in [0.15, 0.2) is 5.76 Å². The molecule has 7 nitrogen and oxygen atoms in total. The van der Waals surface area contributed by atoms with Crippen LogP contribution >= 0.6 is 0 Å². The van der Waals surface area contributed by atoms with Gasteiger partial charge in [0.1, 0.15) is 0 Å². The SMILES string of the molecule is CN(Cc1ccno1)C(=O)CC1C(=O)NCCN1Cc1cccc(C(F)(F)F)c1. The highest BCUT2D eigenvalue weighted by Gasteiger charge is 2.34. The minimum atomic E-state index is -4.44. The van der Waals surface area contributed by atoms with Crippen molar-refractivity contribution in [1.29, 1.82) is 0 Å². The Labute approximate surface area is 165 Å². The van der Waals surface area contributed by atoms with Gasteiger partial charge in [0.05, 0.1) is 30.8 Å². The molecule has 3 rings (SSSR count). The van der Waals surface area contributed by atoms with Crippen LogP contribution in [0.2, 0.25) is 0 Å². The highest BCUT2D eigenvalue weighted by molar-refractivity contribution is 5.88. The molecule has 1 aromatic carbocycles. The van der Waals surface area contributed by atoms with Gasteiger partial charge in [0.25, 0.3) is 0 Å². The van der Waals surface area contributed by atoms with Gasteiger partial charge >= 0.3 is 6.18 Å². The number of carbonyl (C=O) groups excluding carboxylic acids is 2. The molecule has 0 saturated carbocycles. The van der Waals surface area contributed by atoms with E-state index in [-0.39, 0.29) is 31.3 Å². The standard InChI is InChI=1S/C19H21F3N4O3/c1-25(12-15-5-6-24-29-15)17(27)10-16-18(28)23-7-8-26(16)11-13-3-2-4-14(9-13)19(20,21)22/h2-6,9,16H,7-8,10-12H2,1H3,(H,23,28). The lowest BCUT2D eigenvalue weighted by Crippen LogP contribution is -2.56. The third kappa shape index (κ3) is 5.35. The minimum absolute atomic E-state index is 0.0879. The van der Waals surface area contributed by atoms with Crippen molar-refractivity contribution in [2.45, 2.75) is 31.7 Å².